The number of methoxy groups -OCH3 is 1. The first-order valence-corrected chi connectivity index (χ1v) is 13.2. The third-order valence-electron chi connectivity index (χ3n) is 6.61. The summed E-state index contributed by atoms with van der Waals surface area (Å²) in [7, 11) is 1.72. The summed E-state index contributed by atoms with van der Waals surface area (Å²) in [5.74, 6) is 0.952. The van der Waals surface area contributed by atoms with E-state index in [9.17, 15) is 4.39 Å². The summed E-state index contributed by atoms with van der Waals surface area (Å²) in [5.41, 5.74) is 6.54. The second kappa shape index (κ2) is 9.59. The van der Waals surface area contributed by atoms with Gasteiger partial charge in [0, 0.05) is 0 Å². The normalized spacial score (nSPS) is 19.7. The van der Waals surface area contributed by atoms with Gasteiger partial charge in [-0.25, -0.2) is 0 Å². The molecule has 0 bridgehead atoms. The first kappa shape index (κ1) is 22.1. The molecule has 3 aromatic rings. The average Bonchev–Trinajstić information content (AvgIpc) is 2.79. The Morgan fingerprint density at radius 2 is 1.65 bits per heavy atom. The van der Waals surface area contributed by atoms with E-state index >= 15 is 0 Å². The van der Waals surface area contributed by atoms with E-state index in [1.54, 1.807) is 19.2 Å². The number of benzene rings is 3. The van der Waals surface area contributed by atoms with Crippen LogP contribution in [0.4, 0.5) is 4.39 Å². The van der Waals surface area contributed by atoms with Crippen LogP contribution < -0.4 is 4.74 Å². The molecule has 2 atom stereocenters. The van der Waals surface area contributed by atoms with Gasteiger partial charge in [0.2, 0.25) is 0 Å². The van der Waals surface area contributed by atoms with E-state index in [-0.39, 0.29) is 16.0 Å². The summed E-state index contributed by atoms with van der Waals surface area (Å²) in [6.07, 6.45) is 4.93. The Balaban J connectivity index is 1.84. The summed E-state index contributed by atoms with van der Waals surface area (Å²) >= 11 is 0.541. The molecule has 0 spiro atoms. The molecular weight excluding hydrogens is 450 g/mol. The quantitative estimate of drug-likeness (QED) is 0.339. The SMILES string of the molecule is COc1cc(C)c(C(CC2(c3ccccc3)CCCC[Se]2)c2ccc(F)cc2)c(C)c1. The van der Waals surface area contributed by atoms with Crippen molar-refractivity contribution in [1.82, 2.24) is 0 Å². The number of hydrogen-bond donors (Lipinski definition) is 0. The van der Waals surface area contributed by atoms with Gasteiger partial charge in [-0.05, 0) is 0 Å². The Hall–Kier alpha value is -2.09. The summed E-state index contributed by atoms with van der Waals surface area (Å²) in [4.78, 5) is 0. The second-order valence-electron chi connectivity index (χ2n) is 8.65. The van der Waals surface area contributed by atoms with Crippen molar-refractivity contribution in [2.45, 2.75) is 55.1 Å². The van der Waals surface area contributed by atoms with Crippen LogP contribution in [0.15, 0.2) is 66.7 Å². The number of aryl methyl sites for hydroxylation is 2. The third kappa shape index (κ3) is 4.73. The van der Waals surface area contributed by atoms with Crippen LogP contribution in [0, 0.1) is 19.7 Å². The summed E-state index contributed by atoms with van der Waals surface area (Å²) in [6, 6.07) is 22.6. The van der Waals surface area contributed by atoms with Gasteiger partial charge in [-0.3, -0.25) is 0 Å². The molecule has 1 aliphatic rings. The minimum atomic E-state index is -0.176. The molecule has 4 rings (SSSR count). The van der Waals surface area contributed by atoms with Gasteiger partial charge in [0.15, 0.2) is 0 Å². The predicted molar refractivity (Wildman–Crippen MR) is 128 cm³/mol. The Kier molecular flexibility index (Phi) is 6.84. The van der Waals surface area contributed by atoms with Gasteiger partial charge in [0.25, 0.3) is 0 Å². The van der Waals surface area contributed by atoms with Gasteiger partial charge in [-0.2, -0.15) is 0 Å². The van der Waals surface area contributed by atoms with Crippen LogP contribution in [0.5, 0.6) is 5.75 Å². The van der Waals surface area contributed by atoms with Gasteiger partial charge in [-0.1, -0.05) is 0 Å². The summed E-state index contributed by atoms with van der Waals surface area (Å²) in [5, 5.41) is 1.33. The molecule has 0 amide bonds. The van der Waals surface area contributed by atoms with Gasteiger partial charge >= 0.3 is 192 Å². The van der Waals surface area contributed by atoms with Crippen molar-refractivity contribution >= 4 is 15.0 Å². The molecule has 0 N–H and O–H groups in total. The van der Waals surface area contributed by atoms with Crippen LogP contribution in [0.25, 0.3) is 0 Å². The summed E-state index contributed by atoms with van der Waals surface area (Å²) in [6.45, 7) is 4.37. The van der Waals surface area contributed by atoms with E-state index in [4.69, 9.17) is 4.74 Å². The molecule has 1 heterocycles. The molecule has 3 heteroatoms. The van der Waals surface area contributed by atoms with E-state index < -0.39 is 0 Å². The van der Waals surface area contributed by atoms with E-state index in [0.29, 0.717) is 15.0 Å². The number of hydrogen-bond acceptors (Lipinski definition) is 1. The fourth-order valence-corrected chi connectivity index (χ4v) is 8.50. The Bertz CT molecular complexity index is 984. The van der Waals surface area contributed by atoms with Crippen LogP contribution in [0.3, 0.4) is 0 Å². The Morgan fingerprint density at radius 1 is 0.968 bits per heavy atom. The fraction of sp³-hybridized carbons (Fsp3) is 0.357. The Labute approximate surface area is 192 Å². The van der Waals surface area contributed by atoms with E-state index in [1.807, 2.05) is 12.1 Å². The van der Waals surface area contributed by atoms with Crippen molar-refractivity contribution in [2.75, 3.05) is 7.11 Å². The Morgan fingerprint density at radius 3 is 2.23 bits per heavy atom. The number of rotatable bonds is 6. The molecule has 31 heavy (non-hydrogen) atoms. The van der Waals surface area contributed by atoms with Gasteiger partial charge in [0.1, 0.15) is 0 Å². The van der Waals surface area contributed by atoms with Gasteiger partial charge < -0.3 is 0 Å². The molecule has 162 valence electrons. The zero-order valence-corrected chi connectivity index (χ0v) is 20.4. The number of ether oxygens (including phenoxy) is 1. The molecule has 0 aliphatic carbocycles. The molecule has 1 saturated heterocycles. The molecule has 2 unspecified atom stereocenters. The van der Waals surface area contributed by atoms with Crippen molar-refractivity contribution in [2.24, 2.45) is 0 Å². The molecule has 0 radical (unpaired) electrons. The van der Waals surface area contributed by atoms with Crippen molar-refractivity contribution in [3.63, 3.8) is 0 Å². The first-order chi connectivity index (χ1) is 15.0. The monoisotopic (exact) mass is 482 g/mol. The van der Waals surface area contributed by atoms with Crippen LogP contribution in [-0.2, 0) is 4.31 Å². The maximum atomic E-state index is 13.8. The molecule has 0 aromatic heterocycles. The van der Waals surface area contributed by atoms with Crippen LogP contribution >= 0.6 is 0 Å². The standard InChI is InChI=1S/C28H31FOSe/c1-20-17-25(30-3)18-21(2)27(20)26(22-11-13-24(29)14-12-22)19-28(15-7-8-16-31-28)23-9-5-4-6-10-23/h4-6,9-14,17-18,26H,7-8,15-16,19H2,1-3H3. The van der Waals surface area contributed by atoms with E-state index in [1.165, 1.54) is 52.4 Å². The first-order valence-electron chi connectivity index (χ1n) is 11.1. The number of halogens is 1. The van der Waals surface area contributed by atoms with Gasteiger partial charge in [-0.15, -0.1) is 0 Å². The zero-order chi connectivity index (χ0) is 21.8. The predicted octanol–water partition coefficient (Wildman–Crippen LogP) is 7.18. The molecule has 1 nitrogen and oxygen atoms in total. The van der Waals surface area contributed by atoms with Crippen LogP contribution in [-0.4, -0.2) is 22.1 Å². The van der Waals surface area contributed by atoms with E-state index in [0.717, 1.165) is 12.2 Å². The average molecular weight is 482 g/mol. The fourth-order valence-electron chi connectivity index (χ4n) is 5.11. The van der Waals surface area contributed by atoms with Crippen molar-refractivity contribution in [3.8, 4) is 5.75 Å². The van der Waals surface area contributed by atoms with Crippen LogP contribution in [0.2, 0.25) is 5.32 Å². The molecule has 3 aromatic carbocycles. The topological polar surface area (TPSA) is 9.23 Å². The molecular formula is C28H31FOSe. The molecule has 0 saturated carbocycles. The maximum absolute atomic E-state index is 13.8. The van der Waals surface area contributed by atoms with Crippen molar-refractivity contribution < 1.29 is 9.13 Å². The van der Waals surface area contributed by atoms with Crippen molar-refractivity contribution in [3.05, 3.63) is 100 Å². The molecule has 1 aliphatic heterocycles. The van der Waals surface area contributed by atoms with Crippen molar-refractivity contribution in [1.29, 1.82) is 0 Å². The summed E-state index contributed by atoms with van der Waals surface area (Å²) < 4.78 is 19.5. The van der Waals surface area contributed by atoms with E-state index in [2.05, 4.69) is 56.3 Å². The zero-order valence-electron chi connectivity index (χ0n) is 18.7. The van der Waals surface area contributed by atoms with Gasteiger partial charge in [0.05, 0.1) is 0 Å². The van der Waals surface area contributed by atoms with Crippen LogP contribution in [0.1, 0.15) is 59.4 Å². The molecule has 1 fully saturated rings. The minimum absolute atomic E-state index is 0.176. The second-order valence-corrected chi connectivity index (χ2v) is 11.8. The third-order valence-corrected chi connectivity index (χ3v) is 10.1.